The van der Waals surface area contributed by atoms with Gasteiger partial charge >= 0.3 is 18.0 Å². The maximum Gasteiger partial charge on any atom is 0.408 e. The molecule has 0 unspecified atom stereocenters. The number of carboxylic acid groups (broad SMARTS) is 1. The summed E-state index contributed by atoms with van der Waals surface area (Å²) in [7, 11) is 1.04. The Bertz CT molecular complexity index is 3670. The summed E-state index contributed by atoms with van der Waals surface area (Å²) in [5.74, 6) is -6.94. The maximum atomic E-state index is 15.0. The Morgan fingerprint density at radius 3 is 2.13 bits per heavy atom. The number of alkyl carbamates (subject to hydrolysis) is 1. The molecule has 86 heavy (non-hydrogen) atoms. The zero-order valence-electron chi connectivity index (χ0n) is 45.9. The molecule has 4 fully saturated rings. The van der Waals surface area contributed by atoms with Crippen molar-refractivity contribution in [3.05, 3.63) is 152 Å². The van der Waals surface area contributed by atoms with Crippen molar-refractivity contribution in [2.75, 3.05) is 7.11 Å². The lowest BCUT2D eigenvalue weighted by atomic mass is 9.54. The molecule has 3 aliphatic heterocycles. The first-order chi connectivity index (χ1) is 41.2. The van der Waals surface area contributed by atoms with E-state index in [0.717, 1.165) is 32.8 Å². The molecule has 13 rings (SSSR count). The number of hydrogen-bond donors (Lipinski definition) is 12. The quantitative estimate of drug-likeness (QED) is 0.0524. The molecule has 4 saturated carbocycles. The van der Waals surface area contributed by atoms with Crippen LogP contribution in [0.25, 0.3) is 11.1 Å². The molecule has 13 N–H and O–H groups in total. The Hall–Kier alpha value is -8.80. The third-order valence-electron chi connectivity index (χ3n) is 16.9. The first-order valence-corrected chi connectivity index (χ1v) is 28.5. The number of amides is 4. The number of nitrogens with one attached hydrogen (secondary N) is 5. The van der Waals surface area contributed by atoms with Crippen molar-refractivity contribution in [3.63, 3.8) is 0 Å². The number of aliphatic hydroxyl groups is 1. The second-order valence-electron chi connectivity index (χ2n) is 22.4. The number of aliphatic carboxylic acids is 1. The van der Waals surface area contributed by atoms with E-state index >= 15 is 0 Å². The number of aliphatic hydroxyl groups excluding tert-OH is 1. The summed E-state index contributed by atoms with van der Waals surface area (Å²) in [6, 6.07) is 15.2. The Morgan fingerprint density at radius 1 is 0.721 bits per heavy atom. The van der Waals surface area contributed by atoms with Crippen LogP contribution >= 0.6 is 23.2 Å². The van der Waals surface area contributed by atoms with E-state index in [0.29, 0.717) is 34.8 Å². The number of halogens is 2. The van der Waals surface area contributed by atoms with Crippen molar-refractivity contribution in [1.29, 1.82) is 0 Å². The smallest absolute Gasteiger partial charge is 0.408 e. The van der Waals surface area contributed by atoms with Crippen LogP contribution in [-0.4, -0.2) is 91.6 Å². The van der Waals surface area contributed by atoms with Gasteiger partial charge in [0.05, 0.1) is 22.7 Å². The van der Waals surface area contributed by atoms with Crippen LogP contribution in [0.15, 0.2) is 103 Å². The highest BCUT2D eigenvalue weighted by atomic mass is 35.5. The van der Waals surface area contributed by atoms with Crippen molar-refractivity contribution in [2.24, 2.45) is 29.4 Å². The number of hydrogen-bond acceptors (Lipinski definition) is 17. The number of carboxylic acids is 1. The van der Waals surface area contributed by atoms with Gasteiger partial charge in [-0.2, -0.15) is 0 Å². The van der Waals surface area contributed by atoms with Crippen molar-refractivity contribution in [3.8, 4) is 57.1 Å². The summed E-state index contributed by atoms with van der Waals surface area (Å²) in [6.45, 7) is -0.141. The van der Waals surface area contributed by atoms with E-state index < -0.39 is 95.1 Å². The molecule has 0 spiro atoms. The molecule has 0 saturated heterocycles. The van der Waals surface area contributed by atoms with Gasteiger partial charge in [0.1, 0.15) is 65.6 Å². The van der Waals surface area contributed by atoms with Crippen LogP contribution in [0.5, 0.6) is 46.0 Å². The highest BCUT2D eigenvalue weighted by Crippen LogP contribution is 2.55. The molecular formula is C62H60Cl2N6O16. The second kappa shape index (κ2) is 24.3. The van der Waals surface area contributed by atoms with Gasteiger partial charge in [0, 0.05) is 35.7 Å². The fourth-order valence-corrected chi connectivity index (χ4v) is 13.4. The number of fused-ring (bicyclic) bond motifs is 8. The van der Waals surface area contributed by atoms with Gasteiger partial charge in [-0.15, -0.1) is 0 Å². The minimum atomic E-state index is -2.01. The molecule has 448 valence electrons. The summed E-state index contributed by atoms with van der Waals surface area (Å²) in [6.07, 6.45) is 2.31. The number of carbonyl (C=O) groups is 6. The molecule has 7 aliphatic rings. The highest BCUT2D eigenvalue weighted by molar-refractivity contribution is 6.32. The summed E-state index contributed by atoms with van der Waals surface area (Å²) in [5.41, 5.74) is 6.79. The molecule has 12 bridgehead atoms. The van der Waals surface area contributed by atoms with Crippen LogP contribution in [0.2, 0.25) is 10.0 Å². The van der Waals surface area contributed by atoms with Gasteiger partial charge in [0.2, 0.25) is 23.5 Å². The number of carbonyl (C=O) groups excluding carboxylic acids is 5. The topological polar surface area (TPSA) is 347 Å². The first-order valence-electron chi connectivity index (χ1n) is 27.8. The van der Waals surface area contributed by atoms with Crippen molar-refractivity contribution < 1.29 is 78.4 Å². The van der Waals surface area contributed by atoms with E-state index in [1.54, 1.807) is 30.3 Å². The third-order valence-corrected chi connectivity index (χ3v) is 17.5. The van der Waals surface area contributed by atoms with E-state index in [9.17, 15) is 59.4 Å². The molecule has 6 aromatic rings. The number of phenols is 4. The Morgan fingerprint density at radius 2 is 1.44 bits per heavy atom. The molecule has 6 aromatic carbocycles. The minimum absolute atomic E-state index is 0.00484. The monoisotopic (exact) mass is 1210 g/mol. The number of aromatic hydroxyl groups is 4. The normalized spacial score (nSPS) is 24.1. The number of esters is 1. The predicted molar refractivity (Wildman–Crippen MR) is 308 cm³/mol. The standard InChI is InChI=1S/C62H60Cl2N6O16/c1-83-61(81)52-37-24-43(72)38(25-66-50-34-14-29-13-30(16-34)17-35(50)15-29)55(74)48(37)36-20-31(8-10-42(36)71)51-58(77)70-53(59(78)69-52)54(73)32-9-12-45(40(64)21-32)86-47-23-33(49(65)57(76)68-51)22-46(56(47)75)85-44-11-7-28(18-39(44)63)19-41(60(79)80)67-62(82)84-26-27-5-3-2-4-6-27/h2-12,18,20-24,29-30,34-35,41,49-54,66,71-75H,13-17,19,25-26,65H2,1H3,(H,67,82)(H,68,76)(H,69,78)(H,70,77)(H,79,80)/t29?,30?,34?,35?,41-,49-,50?,51-,52+,53+,54-/m1/s1. The minimum Gasteiger partial charge on any atom is -0.507 e. The lowest BCUT2D eigenvalue weighted by molar-refractivity contribution is -0.146. The van der Waals surface area contributed by atoms with Crippen LogP contribution in [-0.2, 0) is 53.0 Å². The number of ether oxygens (including phenoxy) is 4. The van der Waals surface area contributed by atoms with Gasteiger partial charge < -0.3 is 81.9 Å². The van der Waals surface area contributed by atoms with Crippen molar-refractivity contribution >= 4 is 59.0 Å². The molecule has 0 radical (unpaired) electrons. The van der Waals surface area contributed by atoms with Gasteiger partial charge in [-0.05, 0) is 138 Å². The fraction of sp³-hybridized carbons (Fsp3) is 0.323. The highest BCUT2D eigenvalue weighted by Gasteiger charge is 2.48. The van der Waals surface area contributed by atoms with Gasteiger partial charge in [-0.25, -0.2) is 14.4 Å². The van der Waals surface area contributed by atoms with E-state index in [1.807, 2.05) is 0 Å². The fourth-order valence-electron chi connectivity index (χ4n) is 12.9. The largest absolute Gasteiger partial charge is 0.507 e. The number of nitrogens with two attached hydrogens (primary N) is 1. The first kappa shape index (κ1) is 59.0. The lowest BCUT2D eigenvalue weighted by Crippen LogP contribution is -2.54. The van der Waals surface area contributed by atoms with Gasteiger partial charge in [-0.3, -0.25) is 14.4 Å². The zero-order valence-corrected chi connectivity index (χ0v) is 47.4. The molecular weight excluding hydrogens is 1160 g/mol. The number of rotatable bonds is 12. The predicted octanol–water partition coefficient (Wildman–Crippen LogP) is 7.64. The summed E-state index contributed by atoms with van der Waals surface area (Å²) >= 11 is 13.5. The molecule has 3 heterocycles. The van der Waals surface area contributed by atoms with Crippen LogP contribution in [0.1, 0.15) is 95.3 Å². The number of phenolic OH excluding ortho intramolecular Hbond substituents is 4. The molecule has 0 aromatic heterocycles. The van der Waals surface area contributed by atoms with Crippen molar-refractivity contribution in [1.82, 2.24) is 26.6 Å². The average Bonchev–Trinajstić information content (AvgIpc) is 1.05. The summed E-state index contributed by atoms with van der Waals surface area (Å²) in [4.78, 5) is 83.3. The Labute approximate surface area is 501 Å². The van der Waals surface area contributed by atoms with Crippen LogP contribution < -0.4 is 41.8 Å². The number of methoxy groups -OCH3 is 1. The molecule has 22 nitrogen and oxygen atoms in total. The van der Waals surface area contributed by atoms with E-state index in [1.165, 1.54) is 79.2 Å². The summed E-state index contributed by atoms with van der Waals surface area (Å²) < 4.78 is 22.6. The zero-order chi connectivity index (χ0) is 60.8. The molecule has 6 atom stereocenters. The van der Waals surface area contributed by atoms with Gasteiger partial charge in [0.25, 0.3) is 0 Å². The van der Waals surface area contributed by atoms with E-state index in [2.05, 4.69) is 26.6 Å². The lowest BCUT2D eigenvalue weighted by Gasteiger charge is -2.54. The molecule has 4 amide bonds. The average molecular weight is 1220 g/mol. The summed E-state index contributed by atoms with van der Waals surface area (Å²) in [5, 5.41) is 83.3. The molecule has 4 aliphatic carbocycles. The Kier molecular flexibility index (Phi) is 16.6. The van der Waals surface area contributed by atoms with Gasteiger partial charge in [0.15, 0.2) is 17.5 Å². The third kappa shape index (κ3) is 11.9. The van der Waals surface area contributed by atoms with Crippen LogP contribution in [0.4, 0.5) is 4.79 Å². The van der Waals surface area contributed by atoms with Crippen LogP contribution in [0, 0.1) is 23.7 Å². The van der Waals surface area contributed by atoms with Crippen molar-refractivity contribution in [2.45, 2.75) is 94.0 Å². The maximum absolute atomic E-state index is 15.0. The van der Waals surface area contributed by atoms with Gasteiger partial charge in [-0.1, -0.05) is 71.7 Å². The Balaban J connectivity index is 0.949. The van der Waals surface area contributed by atoms with Crippen LogP contribution in [0.3, 0.4) is 0 Å². The van der Waals surface area contributed by atoms with E-state index in [-0.39, 0.29) is 97.6 Å². The SMILES string of the molecule is COC(=O)[C@H]1NC(=O)[C@H]2NC(=O)[C@H](NC(=O)[C@H](N)c3cc(Oc4ccc(C[C@@H](NC(=O)OCc5ccccc5)C(=O)O)cc4Cl)c(O)c(c3)Oc3ccc(cc3Cl)[C@H]2O)c2ccc(O)c(c2)-c2c1cc(O)c(CNC1C3CC4CC(C3)CC1C4)c2O. The second-order valence-corrected chi connectivity index (χ2v) is 23.3. The molecule has 24 heteroatoms. The number of benzene rings is 6. The van der Waals surface area contributed by atoms with E-state index in [4.69, 9.17) is 47.9 Å².